The van der Waals surface area contributed by atoms with Crippen LogP contribution in [-0.2, 0) is 5.60 Å². The highest BCUT2D eigenvalue weighted by atomic mass is 19.1. The van der Waals surface area contributed by atoms with Crippen LogP contribution in [-0.4, -0.2) is 29.6 Å². The van der Waals surface area contributed by atoms with Gasteiger partial charge in [0.15, 0.2) is 5.82 Å². The number of aliphatic hydroxyl groups is 2. The van der Waals surface area contributed by atoms with Gasteiger partial charge in [0, 0.05) is 41.7 Å². The average molecular weight is 342 g/mol. The molecule has 4 rings (SSSR count). The standard InChI is InChI=1S/C18H19FN4O2/c1-9-4-13(24)15-16(9)23-8-11(12(19)5-14(23)22-15)10-6-20-17(21-7-10)18(2,3)25/h5-9,13,24-25H,4H2,1-3H3/t9-,13?/m0/s1. The number of aromatic nitrogens is 4. The Morgan fingerprint density at radius 3 is 2.60 bits per heavy atom. The number of rotatable bonds is 2. The smallest absolute Gasteiger partial charge is 0.159 e. The van der Waals surface area contributed by atoms with Crippen LogP contribution in [0.15, 0.2) is 24.7 Å². The highest BCUT2D eigenvalue weighted by molar-refractivity contribution is 5.65. The van der Waals surface area contributed by atoms with Crippen molar-refractivity contribution in [1.29, 1.82) is 0 Å². The lowest BCUT2D eigenvalue weighted by molar-refractivity contribution is 0.0687. The number of imidazole rings is 1. The second-order valence-corrected chi connectivity index (χ2v) is 7.15. The first-order chi connectivity index (χ1) is 11.8. The van der Waals surface area contributed by atoms with E-state index in [1.165, 1.54) is 18.5 Å². The molecule has 3 aromatic rings. The van der Waals surface area contributed by atoms with Crippen LogP contribution >= 0.6 is 0 Å². The molecule has 0 saturated carbocycles. The summed E-state index contributed by atoms with van der Waals surface area (Å²) >= 11 is 0. The van der Waals surface area contributed by atoms with Crippen molar-refractivity contribution in [3.63, 3.8) is 0 Å². The first kappa shape index (κ1) is 16.1. The molecule has 130 valence electrons. The number of nitrogens with zero attached hydrogens (tertiary/aromatic N) is 4. The molecular weight excluding hydrogens is 323 g/mol. The highest BCUT2D eigenvalue weighted by Gasteiger charge is 2.32. The quantitative estimate of drug-likeness (QED) is 0.748. The van der Waals surface area contributed by atoms with Crippen molar-refractivity contribution in [3.05, 3.63) is 47.7 Å². The van der Waals surface area contributed by atoms with E-state index in [4.69, 9.17) is 0 Å². The molecule has 0 amide bonds. The van der Waals surface area contributed by atoms with E-state index in [0.717, 1.165) is 5.69 Å². The first-order valence-electron chi connectivity index (χ1n) is 8.20. The molecule has 2 atom stereocenters. The van der Waals surface area contributed by atoms with E-state index in [9.17, 15) is 14.6 Å². The Bertz CT molecular complexity index is 960. The lowest BCUT2D eigenvalue weighted by atomic mass is 10.1. The van der Waals surface area contributed by atoms with Crippen molar-refractivity contribution < 1.29 is 14.6 Å². The van der Waals surface area contributed by atoms with E-state index in [-0.39, 0.29) is 11.7 Å². The minimum absolute atomic E-state index is 0.145. The van der Waals surface area contributed by atoms with Crippen LogP contribution in [0.25, 0.3) is 16.8 Å². The zero-order chi connectivity index (χ0) is 17.9. The molecule has 0 aromatic carbocycles. The van der Waals surface area contributed by atoms with Gasteiger partial charge >= 0.3 is 0 Å². The summed E-state index contributed by atoms with van der Waals surface area (Å²) in [5.74, 6) is -0.0111. The highest BCUT2D eigenvalue weighted by Crippen LogP contribution is 2.40. The fourth-order valence-electron chi connectivity index (χ4n) is 3.39. The van der Waals surface area contributed by atoms with Gasteiger partial charge in [-0.05, 0) is 20.3 Å². The Hall–Kier alpha value is -2.38. The van der Waals surface area contributed by atoms with Crippen molar-refractivity contribution in [3.8, 4) is 11.1 Å². The van der Waals surface area contributed by atoms with E-state index in [1.807, 2.05) is 11.3 Å². The Kier molecular flexibility index (Phi) is 3.42. The molecule has 3 heterocycles. The maximum absolute atomic E-state index is 14.6. The summed E-state index contributed by atoms with van der Waals surface area (Å²) in [7, 11) is 0. The Morgan fingerprint density at radius 1 is 1.28 bits per heavy atom. The van der Waals surface area contributed by atoms with Gasteiger partial charge in [0.25, 0.3) is 0 Å². The van der Waals surface area contributed by atoms with Crippen LogP contribution in [0.4, 0.5) is 4.39 Å². The lowest BCUT2D eigenvalue weighted by Gasteiger charge is -2.15. The van der Waals surface area contributed by atoms with Gasteiger partial charge in [-0.15, -0.1) is 0 Å². The van der Waals surface area contributed by atoms with Crippen LogP contribution < -0.4 is 0 Å². The topological polar surface area (TPSA) is 83.5 Å². The van der Waals surface area contributed by atoms with E-state index >= 15 is 0 Å². The molecule has 0 spiro atoms. The van der Waals surface area contributed by atoms with Crippen molar-refractivity contribution in [2.45, 2.75) is 44.8 Å². The average Bonchev–Trinajstić information content (AvgIpc) is 3.04. The van der Waals surface area contributed by atoms with E-state index < -0.39 is 17.5 Å². The van der Waals surface area contributed by atoms with Gasteiger partial charge < -0.3 is 14.6 Å². The zero-order valence-electron chi connectivity index (χ0n) is 14.2. The Balaban J connectivity index is 1.85. The molecule has 1 aliphatic rings. The molecule has 0 radical (unpaired) electrons. The number of aliphatic hydroxyl groups excluding tert-OH is 1. The van der Waals surface area contributed by atoms with Gasteiger partial charge in [0.05, 0.1) is 17.5 Å². The van der Waals surface area contributed by atoms with Gasteiger partial charge in [-0.2, -0.15) is 0 Å². The Labute approximate surface area is 144 Å². The molecule has 7 heteroatoms. The van der Waals surface area contributed by atoms with Crippen LogP contribution in [0.5, 0.6) is 0 Å². The summed E-state index contributed by atoms with van der Waals surface area (Å²) in [4.78, 5) is 12.7. The molecule has 6 nitrogen and oxygen atoms in total. The van der Waals surface area contributed by atoms with Gasteiger partial charge in [-0.25, -0.2) is 19.3 Å². The normalized spacial score (nSPS) is 20.2. The van der Waals surface area contributed by atoms with Crippen LogP contribution in [0.3, 0.4) is 0 Å². The number of fused-ring (bicyclic) bond motifs is 3. The summed E-state index contributed by atoms with van der Waals surface area (Å²) in [5.41, 5.74) is 1.73. The molecule has 0 aliphatic heterocycles. The van der Waals surface area contributed by atoms with Gasteiger partial charge in [-0.3, -0.25) is 0 Å². The Morgan fingerprint density at radius 2 is 1.96 bits per heavy atom. The monoisotopic (exact) mass is 342 g/mol. The van der Waals surface area contributed by atoms with Crippen molar-refractivity contribution in [2.75, 3.05) is 0 Å². The van der Waals surface area contributed by atoms with Gasteiger partial charge in [-0.1, -0.05) is 6.92 Å². The minimum Gasteiger partial charge on any atom is -0.387 e. The third kappa shape index (κ3) is 2.51. The fourth-order valence-corrected chi connectivity index (χ4v) is 3.39. The lowest BCUT2D eigenvalue weighted by Crippen LogP contribution is -2.19. The molecule has 0 fully saturated rings. The number of hydrogen-bond acceptors (Lipinski definition) is 5. The van der Waals surface area contributed by atoms with E-state index in [1.54, 1.807) is 20.0 Å². The predicted molar refractivity (Wildman–Crippen MR) is 89.4 cm³/mol. The second kappa shape index (κ2) is 5.31. The summed E-state index contributed by atoms with van der Waals surface area (Å²) < 4.78 is 16.4. The molecule has 0 bridgehead atoms. The number of halogens is 1. The summed E-state index contributed by atoms with van der Waals surface area (Å²) in [6, 6.07) is 1.36. The molecule has 1 aliphatic carbocycles. The van der Waals surface area contributed by atoms with Crippen molar-refractivity contribution in [1.82, 2.24) is 19.4 Å². The van der Waals surface area contributed by atoms with Crippen molar-refractivity contribution >= 4 is 5.65 Å². The van der Waals surface area contributed by atoms with Gasteiger partial charge in [0.1, 0.15) is 17.1 Å². The van der Waals surface area contributed by atoms with Crippen LogP contribution in [0.2, 0.25) is 0 Å². The first-order valence-corrected chi connectivity index (χ1v) is 8.20. The summed E-state index contributed by atoms with van der Waals surface area (Å²) in [5, 5.41) is 20.0. The van der Waals surface area contributed by atoms with E-state index in [0.29, 0.717) is 28.9 Å². The van der Waals surface area contributed by atoms with E-state index in [2.05, 4.69) is 15.0 Å². The molecule has 3 aromatic heterocycles. The molecule has 2 N–H and O–H groups in total. The molecule has 0 saturated heterocycles. The van der Waals surface area contributed by atoms with Crippen molar-refractivity contribution in [2.24, 2.45) is 0 Å². The van der Waals surface area contributed by atoms with Gasteiger partial charge in [0.2, 0.25) is 0 Å². The third-order valence-electron chi connectivity index (χ3n) is 4.64. The molecular formula is C18H19FN4O2. The maximum Gasteiger partial charge on any atom is 0.159 e. The zero-order valence-corrected chi connectivity index (χ0v) is 14.2. The molecule has 25 heavy (non-hydrogen) atoms. The predicted octanol–water partition coefficient (Wildman–Crippen LogP) is 2.70. The number of pyridine rings is 1. The minimum atomic E-state index is -1.15. The SMILES string of the molecule is C[C@H]1CC(O)c2nc3cc(F)c(-c4cnc(C(C)(C)O)nc4)cn3c21. The summed E-state index contributed by atoms with van der Waals surface area (Å²) in [6.45, 7) is 5.21. The summed E-state index contributed by atoms with van der Waals surface area (Å²) in [6.07, 6.45) is 4.69. The molecule has 1 unspecified atom stereocenters. The second-order valence-electron chi connectivity index (χ2n) is 7.15. The maximum atomic E-state index is 14.6. The van der Waals surface area contributed by atoms with Crippen LogP contribution in [0, 0.1) is 5.82 Å². The number of hydrogen-bond donors (Lipinski definition) is 2. The largest absolute Gasteiger partial charge is 0.387 e. The third-order valence-corrected chi connectivity index (χ3v) is 4.64. The van der Waals surface area contributed by atoms with Crippen LogP contribution in [0.1, 0.15) is 56.4 Å². The fraction of sp³-hybridized carbons (Fsp3) is 0.389.